The molecule has 0 aromatic carbocycles. The third-order valence-electron chi connectivity index (χ3n) is 3.20. The second-order valence-corrected chi connectivity index (χ2v) is 7.99. The lowest BCUT2D eigenvalue weighted by Crippen LogP contribution is -2.51. The van der Waals surface area contributed by atoms with E-state index < -0.39 is 28.6 Å². The van der Waals surface area contributed by atoms with Crippen molar-refractivity contribution in [2.24, 2.45) is 0 Å². The molecule has 1 unspecified atom stereocenters. The molecule has 0 aromatic rings. The summed E-state index contributed by atoms with van der Waals surface area (Å²) in [6.07, 6.45) is 2.80. The summed E-state index contributed by atoms with van der Waals surface area (Å²) in [6.45, 7) is 0.386. The molecule has 0 spiro atoms. The van der Waals surface area contributed by atoms with Gasteiger partial charge < -0.3 is 14.7 Å². The van der Waals surface area contributed by atoms with Crippen molar-refractivity contribution in [1.29, 1.82) is 0 Å². The number of hydrogen-bond donors (Lipinski definition) is 1. The zero-order chi connectivity index (χ0) is 16.8. The molecule has 0 radical (unpaired) electrons. The highest BCUT2D eigenvalue weighted by Gasteiger charge is 2.29. The molecular formula is C12H22N2O6S2. The van der Waals surface area contributed by atoms with E-state index in [4.69, 9.17) is 9.84 Å². The number of hydrogen-bond acceptors (Lipinski definition) is 6. The zero-order valence-electron chi connectivity index (χ0n) is 12.7. The molecule has 8 nitrogen and oxygen atoms in total. The van der Waals surface area contributed by atoms with Crippen molar-refractivity contribution in [1.82, 2.24) is 9.21 Å². The number of carbonyl (C=O) groups excluding carboxylic acids is 1. The molecule has 1 heterocycles. The highest BCUT2D eigenvalue weighted by Crippen LogP contribution is 2.11. The minimum Gasteiger partial charge on any atom is -0.480 e. The third-order valence-corrected chi connectivity index (χ3v) is 5.03. The summed E-state index contributed by atoms with van der Waals surface area (Å²) < 4.78 is 29.6. The monoisotopic (exact) mass is 354 g/mol. The molecule has 22 heavy (non-hydrogen) atoms. The van der Waals surface area contributed by atoms with Gasteiger partial charge in [0.2, 0.25) is 15.9 Å². The lowest BCUT2D eigenvalue weighted by molar-refractivity contribution is -0.141. The normalized spacial score (nSPS) is 19.4. The van der Waals surface area contributed by atoms with Gasteiger partial charge >= 0.3 is 5.97 Å². The fourth-order valence-corrected chi connectivity index (χ4v) is 3.26. The third kappa shape index (κ3) is 6.51. The number of carboxylic acids is 1. The van der Waals surface area contributed by atoms with Crippen molar-refractivity contribution in [3.8, 4) is 0 Å². The van der Waals surface area contributed by atoms with Crippen molar-refractivity contribution < 1.29 is 27.9 Å². The van der Waals surface area contributed by atoms with Crippen LogP contribution in [0.2, 0.25) is 0 Å². The SMILES string of the molecule is CSCCC(=O)N1CCOC(CN(CC(=O)O)S(C)(=O)=O)C1. The Labute approximate surface area is 134 Å². The second-order valence-electron chi connectivity index (χ2n) is 5.02. The van der Waals surface area contributed by atoms with Crippen LogP contribution >= 0.6 is 11.8 Å². The Morgan fingerprint density at radius 1 is 1.45 bits per heavy atom. The predicted molar refractivity (Wildman–Crippen MR) is 83.4 cm³/mol. The highest BCUT2D eigenvalue weighted by atomic mass is 32.2. The van der Waals surface area contributed by atoms with Crippen LogP contribution in [0.1, 0.15) is 6.42 Å². The van der Waals surface area contributed by atoms with Crippen LogP contribution in [-0.4, -0.2) is 91.8 Å². The van der Waals surface area contributed by atoms with Crippen LogP contribution in [0.5, 0.6) is 0 Å². The molecule has 128 valence electrons. The molecule has 10 heteroatoms. The fourth-order valence-electron chi connectivity index (χ4n) is 2.10. The number of carbonyl (C=O) groups is 2. The van der Waals surface area contributed by atoms with Gasteiger partial charge in [-0.1, -0.05) is 0 Å². The van der Waals surface area contributed by atoms with E-state index in [0.29, 0.717) is 19.6 Å². The van der Waals surface area contributed by atoms with Crippen LogP contribution in [0.3, 0.4) is 0 Å². The van der Waals surface area contributed by atoms with Gasteiger partial charge in [-0.05, 0) is 6.26 Å². The largest absolute Gasteiger partial charge is 0.480 e. The van der Waals surface area contributed by atoms with E-state index in [2.05, 4.69) is 0 Å². The number of thioether (sulfide) groups is 1. The van der Waals surface area contributed by atoms with E-state index in [1.807, 2.05) is 6.26 Å². The number of nitrogens with zero attached hydrogens (tertiary/aromatic N) is 2. The van der Waals surface area contributed by atoms with Crippen molar-refractivity contribution >= 4 is 33.7 Å². The van der Waals surface area contributed by atoms with Crippen molar-refractivity contribution in [2.75, 3.05) is 51.1 Å². The Morgan fingerprint density at radius 2 is 2.14 bits per heavy atom. The van der Waals surface area contributed by atoms with Gasteiger partial charge in [0.1, 0.15) is 6.54 Å². The van der Waals surface area contributed by atoms with E-state index >= 15 is 0 Å². The Morgan fingerprint density at radius 3 is 2.68 bits per heavy atom. The molecule has 0 aliphatic carbocycles. The minimum absolute atomic E-state index is 0.00629. The van der Waals surface area contributed by atoms with Crippen LogP contribution in [-0.2, 0) is 24.3 Å². The number of carboxylic acid groups (broad SMARTS) is 1. The average Bonchev–Trinajstić information content (AvgIpc) is 2.43. The summed E-state index contributed by atoms with van der Waals surface area (Å²) in [5.74, 6) is -0.490. The van der Waals surface area contributed by atoms with E-state index in [9.17, 15) is 18.0 Å². The van der Waals surface area contributed by atoms with Crippen molar-refractivity contribution in [3.05, 3.63) is 0 Å². The van der Waals surface area contributed by atoms with E-state index in [1.54, 1.807) is 16.7 Å². The number of morpholine rings is 1. The number of sulfonamides is 1. The van der Waals surface area contributed by atoms with Gasteiger partial charge in [-0.2, -0.15) is 16.1 Å². The second kappa shape index (κ2) is 8.70. The Bertz CT molecular complexity index is 496. The molecule has 1 N–H and O–H groups in total. The van der Waals surface area contributed by atoms with Crippen LogP contribution in [0.25, 0.3) is 0 Å². The maximum atomic E-state index is 12.0. The molecule has 1 fully saturated rings. The zero-order valence-corrected chi connectivity index (χ0v) is 14.4. The van der Waals surface area contributed by atoms with Crippen LogP contribution < -0.4 is 0 Å². The molecular weight excluding hydrogens is 332 g/mol. The molecule has 0 saturated carbocycles. The molecule has 0 bridgehead atoms. The summed E-state index contributed by atoms with van der Waals surface area (Å²) in [5.41, 5.74) is 0. The molecule has 1 aliphatic rings. The number of rotatable bonds is 8. The van der Waals surface area contributed by atoms with Crippen molar-refractivity contribution in [2.45, 2.75) is 12.5 Å². The molecule has 1 amide bonds. The van der Waals surface area contributed by atoms with Gasteiger partial charge in [-0.25, -0.2) is 8.42 Å². The van der Waals surface area contributed by atoms with Gasteiger partial charge in [0.15, 0.2) is 0 Å². The van der Waals surface area contributed by atoms with E-state index in [0.717, 1.165) is 16.3 Å². The van der Waals surface area contributed by atoms with Crippen LogP contribution in [0.15, 0.2) is 0 Å². The Balaban J connectivity index is 2.63. The maximum absolute atomic E-state index is 12.0. The van der Waals surface area contributed by atoms with Crippen LogP contribution in [0.4, 0.5) is 0 Å². The highest BCUT2D eigenvalue weighted by molar-refractivity contribution is 7.98. The van der Waals surface area contributed by atoms with Gasteiger partial charge in [-0.3, -0.25) is 9.59 Å². The molecule has 1 rings (SSSR count). The smallest absolute Gasteiger partial charge is 0.318 e. The summed E-state index contributed by atoms with van der Waals surface area (Å²) >= 11 is 1.58. The number of amides is 1. The first kappa shape index (κ1) is 19.2. The molecule has 0 aromatic heterocycles. The summed E-state index contributed by atoms with van der Waals surface area (Å²) in [6, 6.07) is 0. The minimum atomic E-state index is -3.65. The summed E-state index contributed by atoms with van der Waals surface area (Å²) in [4.78, 5) is 24.4. The van der Waals surface area contributed by atoms with Gasteiger partial charge in [0.25, 0.3) is 0 Å². The first-order chi connectivity index (χ1) is 10.2. The Kier molecular flexibility index (Phi) is 7.60. The Hall–Kier alpha value is -0.840. The fraction of sp³-hybridized carbons (Fsp3) is 0.833. The topological polar surface area (TPSA) is 104 Å². The summed E-state index contributed by atoms with van der Waals surface area (Å²) in [5, 5.41) is 8.80. The van der Waals surface area contributed by atoms with E-state index in [-0.39, 0.29) is 19.0 Å². The van der Waals surface area contributed by atoms with E-state index in [1.165, 1.54) is 0 Å². The lowest BCUT2D eigenvalue weighted by Gasteiger charge is -2.34. The standard InChI is InChI=1S/C12H22N2O6S2/c1-21-6-3-11(15)13-4-5-20-10(7-13)8-14(9-12(16)17)22(2,18)19/h10H,3-9H2,1-2H3,(H,16,17). The predicted octanol–water partition coefficient (Wildman–Crippen LogP) is -0.687. The first-order valence-corrected chi connectivity index (χ1v) is 10.0. The maximum Gasteiger partial charge on any atom is 0.318 e. The van der Waals surface area contributed by atoms with Crippen LogP contribution in [0, 0.1) is 0 Å². The number of ether oxygens (including phenoxy) is 1. The quantitative estimate of drug-likeness (QED) is 0.615. The van der Waals surface area contributed by atoms with Gasteiger partial charge in [0, 0.05) is 31.8 Å². The van der Waals surface area contributed by atoms with Gasteiger partial charge in [-0.15, -0.1) is 0 Å². The average molecular weight is 354 g/mol. The number of aliphatic carboxylic acids is 1. The first-order valence-electron chi connectivity index (χ1n) is 6.79. The molecule has 1 aliphatic heterocycles. The molecule has 1 saturated heterocycles. The van der Waals surface area contributed by atoms with Crippen molar-refractivity contribution in [3.63, 3.8) is 0 Å². The van der Waals surface area contributed by atoms with Gasteiger partial charge in [0.05, 0.1) is 19.0 Å². The summed E-state index contributed by atoms with van der Waals surface area (Å²) in [7, 11) is -3.65. The lowest BCUT2D eigenvalue weighted by atomic mass is 10.2. The molecule has 1 atom stereocenters.